The van der Waals surface area contributed by atoms with E-state index in [0.717, 1.165) is 0 Å². The Bertz CT molecular complexity index is 581. The maximum absolute atomic E-state index is 10.7. The highest BCUT2D eigenvalue weighted by molar-refractivity contribution is 5.98. The average molecular weight is 202 g/mol. The number of benzene rings is 1. The normalized spacial score (nSPS) is 9.87. The SMILES string of the molecule is [N-]=[N+]=Nc1cccc2[nH]c(C(=O)O)cc12. The highest BCUT2D eigenvalue weighted by Gasteiger charge is 2.08. The van der Waals surface area contributed by atoms with Gasteiger partial charge >= 0.3 is 5.97 Å². The van der Waals surface area contributed by atoms with Crippen LogP contribution < -0.4 is 0 Å². The minimum absolute atomic E-state index is 0.0746. The zero-order valence-electron chi connectivity index (χ0n) is 7.51. The van der Waals surface area contributed by atoms with E-state index in [1.165, 1.54) is 6.07 Å². The first-order chi connectivity index (χ1) is 7.22. The lowest BCUT2D eigenvalue weighted by Gasteiger charge is -1.92. The maximum atomic E-state index is 10.7. The molecular formula is C9H6N4O2. The van der Waals surface area contributed by atoms with Crippen LogP contribution in [0, 0.1) is 0 Å². The van der Waals surface area contributed by atoms with Crippen molar-refractivity contribution in [1.82, 2.24) is 4.98 Å². The molecule has 0 saturated carbocycles. The van der Waals surface area contributed by atoms with Gasteiger partial charge < -0.3 is 10.1 Å². The zero-order valence-corrected chi connectivity index (χ0v) is 7.51. The number of carboxylic acid groups (broad SMARTS) is 1. The van der Waals surface area contributed by atoms with Crippen molar-refractivity contribution >= 4 is 22.6 Å². The third-order valence-electron chi connectivity index (χ3n) is 2.02. The van der Waals surface area contributed by atoms with Gasteiger partial charge in [0.2, 0.25) is 0 Å². The molecule has 0 atom stereocenters. The summed E-state index contributed by atoms with van der Waals surface area (Å²) in [5.41, 5.74) is 9.45. The third-order valence-corrected chi connectivity index (χ3v) is 2.02. The van der Waals surface area contributed by atoms with Crippen molar-refractivity contribution in [3.05, 3.63) is 40.4 Å². The fourth-order valence-electron chi connectivity index (χ4n) is 1.39. The van der Waals surface area contributed by atoms with Crippen molar-refractivity contribution in [2.75, 3.05) is 0 Å². The highest BCUT2D eigenvalue weighted by Crippen LogP contribution is 2.26. The number of nitrogens with zero attached hydrogens (tertiary/aromatic N) is 3. The Hall–Kier alpha value is -2.46. The Labute approximate surface area is 83.8 Å². The number of carbonyl (C=O) groups is 1. The van der Waals surface area contributed by atoms with Crippen LogP contribution in [-0.4, -0.2) is 16.1 Å². The summed E-state index contributed by atoms with van der Waals surface area (Å²) in [6.07, 6.45) is 0. The molecule has 0 unspecified atom stereocenters. The first kappa shape index (κ1) is 9.11. The van der Waals surface area contributed by atoms with Crippen molar-refractivity contribution in [1.29, 1.82) is 0 Å². The fraction of sp³-hybridized carbons (Fsp3) is 0. The van der Waals surface area contributed by atoms with Crippen molar-refractivity contribution in [2.24, 2.45) is 5.11 Å². The second-order valence-electron chi connectivity index (χ2n) is 2.92. The van der Waals surface area contributed by atoms with Crippen LogP contribution >= 0.6 is 0 Å². The average Bonchev–Trinajstić information content (AvgIpc) is 2.63. The van der Waals surface area contributed by atoms with E-state index >= 15 is 0 Å². The maximum Gasteiger partial charge on any atom is 0.352 e. The minimum Gasteiger partial charge on any atom is -0.477 e. The molecule has 0 radical (unpaired) electrons. The number of fused-ring (bicyclic) bond motifs is 1. The molecule has 0 aliphatic carbocycles. The predicted octanol–water partition coefficient (Wildman–Crippen LogP) is 2.81. The number of carboxylic acids is 1. The topological polar surface area (TPSA) is 102 Å². The first-order valence-corrected chi connectivity index (χ1v) is 4.12. The lowest BCUT2D eigenvalue weighted by molar-refractivity contribution is 0.0691. The Morgan fingerprint density at radius 3 is 3.00 bits per heavy atom. The van der Waals surface area contributed by atoms with E-state index < -0.39 is 5.97 Å². The highest BCUT2D eigenvalue weighted by atomic mass is 16.4. The predicted molar refractivity (Wildman–Crippen MR) is 54.1 cm³/mol. The summed E-state index contributed by atoms with van der Waals surface area (Å²) in [5, 5.41) is 12.9. The van der Waals surface area contributed by atoms with Gasteiger partial charge in [0.05, 0.1) is 0 Å². The number of nitrogens with one attached hydrogen (secondary N) is 1. The summed E-state index contributed by atoms with van der Waals surface area (Å²) in [6.45, 7) is 0. The van der Waals surface area contributed by atoms with Crippen LogP contribution in [0.4, 0.5) is 5.69 Å². The van der Waals surface area contributed by atoms with E-state index in [1.54, 1.807) is 18.2 Å². The second kappa shape index (κ2) is 3.36. The van der Waals surface area contributed by atoms with Crippen LogP contribution in [0.5, 0.6) is 0 Å². The second-order valence-corrected chi connectivity index (χ2v) is 2.92. The Balaban J connectivity index is 2.74. The molecule has 2 rings (SSSR count). The number of hydrogen-bond donors (Lipinski definition) is 2. The fourth-order valence-corrected chi connectivity index (χ4v) is 1.39. The molecule has 0 spiro atoms. The molecule has 1 aromatic heterocycles. The van der Waals surface area contributed by atoms with E-state index in [1.807, 2.05) is 0 Å². The molecule has 0 aliphatic heterocycles. The van der Waals surface area contributed by atoms with Gasteiger partial charge in [-0.05, 0) is 17.7 Å². The summed E-state index contributed by atoms with van der Waals surface area (Å²) >= 11 is 0. The molecule has 2 N–H and O–H groups in total. The van der Waals surface area contributed by atoms with Gasteiger partial charge in [0, 0.05) is 21.5 Å². The molecule has 0 saturated heterocycles. The van der Waals surface area contributed by atoms with E-state index in [4.69, 9.17) is 10.6 Å². The molecule has 2 aromatic rings. The van der Waals surface area contributed by atoms with Crippen LogP contribution in [0.2, 0.25) is 0 Å². The van der Waals surface area contributed by atoms with E-state index in [9.17, 15) is 4.79 Å². The molecular weight excluding hydrogens is 196 g/mol. The summed E-state index contributed by atoms with van der Waals surface area (Å²) < 4.78 is 0. The number of azide groups is 1. The van der Waals surface area contributed by atoms with Crippen LogP contribution in [0.15, 0.2) is 29.4 Å². The molecule has 0 amide bonds. The number of rotatable bonds is 2. The van der Waals surface area contributed by atoms with Gasteiger partial charge in [-0.15, -0.1) is 0 Å². The van der Waals surface area contributed by atoms with Gasteiger partial charge in [-0.2, -0.15) is 0 Å². The van der Waals surface area contributed by atoms with Crippen molar-refractivity contribution in [3.63, 3.8) is 0 Å². The number of hydrogen-bond acceptors (Lipinski definition) is 2. The van der Waals surface area contributed by atoms with Crippen molar-refractivity contribution < 1.29 is 9.90 Å². The summed E-state index contributed by atoms with van der Waals surface area (Å²) in [5.74, 6) is -1.04. The van der Waals surface area contributed by atoms with Crippen LogP contribution in [0.1, 0.15) is 10.5 Å². The standard InChI is InChI=1S/C9H6N4O2/c10-13-12-7-3-1-2-6-5(7)4-8(11-6)9(14)15/h1-4,11H,(H,14,15). The van der Waals surface area contributed by atoms with E-state index in [-0.39, 0.29) is 5.69 Å². The smallest absolute Gasteiger partial charge is 0.352 e. The minimum atomic E-state index is -1.04. The molecule has 1 aromatic carbocycles. The summed E-state index contributed by atoms with van der Waals surface area (Å²) in [4.78, 5) is 16.1. The van der Waals surface area contributed by atoms with Gasteiger partial charge in [0.25, 0.3) is 0 Å². The van der Waals surface area contributed by atoms with Gasteiger partial charge in [-0.3, -0.25) is 0 Å². The number of aromatic amines is 1. The van der Waals surface area contributed by atoms with Crippen molar-refractivity contribution in [3.8, 4) is 0 Å². The molecule has 15 heavy (non-hydrogen) atoms. The van der Waals surface area contributed by atoms with Crippen LogP contribution in [0.25, 0.3) is 21.3 Å². The Kier molecular flexibility index (Phi) is 2.04. The molecule has 1 heterocycles. The van der Waals surface area contributed by atoms with Crippen molar-refractivity contribution in [2.45, 2.75) is 0 Å². The van der Waals surface area contributed by atoms with E-state index in [0.29, 0.717) is 16.6 Å². The number of H-pyrrole nitrogens is 1. The Morgan fingerprint density at radius 1 is 1.53 bits per heavy atom. The largest absolute Gasteiger partial charge is 0.477 e. The van der Waals surface area contributed by atoms with E-state index in [2.05, 4.69) is 15.0 Å². The van der Waals surface area contributed by atoms with Crippen LogP contribution in [0.3, 0.4) is 0 Å². The summed E-state index contributed by atoms with van der Waals surface area (Å²) in [6, 6.07) is 6.48. The van der Waals surface area contributed by atoms with Gasteiger partial charge in [0.15, 0.2) is 0 Å². The third kappa shape index (κ3) is 1.49. The first-order valence-electron chi connectivity index (χ1n) is 4.12. The molecule has 74 valence electrons. The lowest BCUT2D eigenvalue weighted by Crippen LogP contribution is -1.94. The summed E-state index contributed by atoms with van der Waals surface area (Å²) in [7, 11) is 0. The molecule has 0 fully saturated rings. The number of aromatic nitrogens is 1. The Morgan fingerprint density at radius 2 is 2.33 bits per heavy atom. The molecule has 6 nitrogen and oxygen atoms in total. The molecule has 0 bridgehead atoms. The van der Waals surface area contributed by atoms with Gasteiger partial charge in [-0.1, -0.05) is 17.2 Å². The lowest BCUT2D eigenvalue weighted by atomic mass is 10.2. The van der Waals surface area contributed by atoms with Crippen LogP contribution in [-0.2, 0) is 0 Å². The monoisotopic (exact) mass is 202 g/mol. The zero-order chi connectivity index (χ0) is 10.8. The van der Waals surface area contributed by atoms with Gasteiger partial charge in [0.1, 0.15) is 5.69 Å². The molecule has 0 aliphatic rings. The molecule has 6 heteroatoms. The quantitative estimate of drug-likeness (QED) is 0.444. The van der Waals surface area contributed by atoms with Gasteiger partial charge in [-0.25, -0.2) is 4.79 Å². The number of aromatic carboxylic acids is 1.